The Labute approximate surface area is 161 Å². The van der Waals surface area contributed by atoms with Crippen LogP contribution in [0.2, 0.25) is 0 Å². The first-order valence-corrected chi connectivity index (χ1v) is 9.40. The number of carbonyl (C=O) groups excluding carboxylic acids is 2. The summed E-state index contributed by atoms with van der Waals surface area (Å²) in [7, 11) is 0. The van der Waals surface area contributed by atoms with Crippen LogP contribution in [0.3, 0.4) is 0 Å². The highest BCUT2D eigenvalue weighted by Crippen LogP contribution is 2.45. The van der Waals surface area contributed by atoms with Gasteiger partial charge < -0.3 is 14.3 Å². The van der Waals surface area contributed by atoms with Crippen molar-refractivity contribution < 1.29 is 18.5 Å². The minimum Gasteiger partial charge on any atom is -0.384 e. The predicted molar refractivity (Wildman–Crippen MR) is 97.7 cm³/mol. The molecule has 0 saturated carbocycles. The smallest absolute Gasteiger partial charge is 0.280 e. The van der Waals surface area contributed by atoms with Crippen molar-refractivity contribution in [3.05, 3.63) is 57.8 Å². The molecule has 28 heavy (non-hydrogen) atoms. The van der Waals surface area contributed by atoms with Crippen molar-refractivity contribution in [3.63, 3.8) is 0 Å². The van der Waals surface area contributed by atoms with Crippen LogP contribution in [0, 0.1) is 17.7 Å². The second-order valence-electron chi connectivity index (χ2n) is 7.57. The molecule has 0 spiro atoms. The van der Waals surface area contributed by atoms with Gasteiger partial charge in [-0.15, -0.1) is 0 Å². The summed E-state index contributed by atoms with van der Waals surface area (Å²) in [5, 5.41) is 2.21. The lowest BCUT2D eigenvalue weighted by Gasteiger charge is -2.29. The van der Waals surface area contributed by atoms with Crippen LogP contribution < -0.4 is 5.56 Å². The van der Waals surface area contributed by atoms with Crippen molar-refractivity contribution in [2.24, 2.45) is 11.8 Å². The fourth-order valence-electron chi connectivity index (χ4n) is 4.52. The number of benzene rings is 1. The Morgan fingerprint density at radius 1 is 1.25 bits per heavy atom. The molecule has 1 aromatic heterocycles. The molecule has 2 aromatic rings. The van der Waals surface area contributed by atoms with Gasteiger partial charge in [-0.25, -0.2) is 4.39 Å². The molecule has 2 aliphatic rings. The molecule has 2 amide bonds. The van der Waals surface area contributed by atoms with Crippen LogP contribution in [-0.4, -0.2) is 46.4 Å². The molecule has 8 heteroatoms. The third-order valence-corrected chi connectivity index (χ3v) is 5.77. The van der Waals surface area contributed by atoms with Crippen molar-refractivity contribution in [2.75, 3.05) is 19.6 Å². The third-order valence-electron chi connectivity index (χ3n) is 5.77. The van der Waals surface area contributed by atoms with E-state index in [9.17, 15) is 18.8 Å². The number of aromatic amines is 1. The van der Waals surface area contributed by atoms with Crippen LogP contribution >= 0.6 is 0 Å². The summed E-state index contributed by atoms with van der Waals surface area (Å²) in [4.78, 5) is 39.5. The molecule has 3 heterocycles. The maximum Gasteiger partial charge on any atom is 0.280 e. The van der Waals surface area contributed by atoms with Crippen molar-refractivity contribution in [3.8, 4) is 0 Å². The zero-order chi connectivity index (χ0) is 19.8. The molecule has 0 aliphatic carbocycles. The van der Waals surface area contributed by atoms with E-state index in [1.54, 1.807) is 11.0 Å². The van der Waals surface area contributed by atoms with E-state index in [0.717, 1.165) is 5.56 Å². The van der Waals surface area contributed by atoms with E-state index in [1.807, 2.05) is 11.0 Å². The fourth-order valence-corrected chi connectivity index (χ4v) is 4.52. The molecule has 4 rings (SSSR count). The topological polar surface area (TPSA) is 86.6 Å². The quantitative estimate of drug-likeness (QED) is 0.866. The van der Waals surface area contributed by atoms with Gasteiger partial charge in [0.15, 0.2) is 0 Å². The molecular weight excluding hydrogens is 365 g/mol. The number of aromatic nitrogens is 1. The normalized spacial score (nSPS) is 23.9. The van der Waals surface area contributed by atoms with E-state index in [2.05, 4.69) is 5.16 Å². The van der Waals surface area contributed by atoms with E-state index in [0.29, 0.717) is 31.8 Å². The van der Waals surface area contributed by atoms with Gasteiger partial charge in [0, 0.05) is 57.3 Å². The molecule has 2 aliphatic heterocycles. The number of fused-ring (bicyclic) bond motifs is 1. The summed E-state index contributed by atoms with van der Waals surface area (Å²) in [6, 6.07) is 7.47. The molecule has 2 saturated heterocycles. The SMILES string of the molecule is CC(=O)N1C[C@H]2CN(C(=O)CCc3cc(=O)[nH]o3)C[C@H]2[C@@H]1c1cccc(F)c1. The first kappa shape index (κ1) is 18.5. The largest absolute Gasteiger partial charge is 0.384 e. The number of nitrogens with one attached hydrogen (secondary N) is 1. The van der Waals surface area contributed by atoms with Gasteiger partial charge in [-0.2, -0.15) is 5.16 Å². The Hall–Kier alpha value is -2.90. The Bertz CT molecular complexity index is 953. The van der Waals surface area contributed by atoms with Crippen LogP contribution in [0.4, 0.5) is 4.39 Å². The highest BCUT2D eigenvalue weighted by Gasteiger charge is 2.49. The molecule has 3 atom stereocenters. The molecule has 0 bridgehead atoms. The zero-order valence-electron chi connectivity index (χ0n) is 15.6. The maximum absolute atomic E-state index is 13.8. The summed E-state index contributed by atoms with van der Waals surface area (Å²) in [5.41, 5.74) is 0.450. The number of hydrogen-bond donors (Lipinski definition) is 1. The number of halogens is 1. The van der Waals surface area contributed by atoms with Crippen LogP contribution in [0.25, 0.3) is 0 Å². The van der Waals surface area contributed by atoms with E-state index in [1.165, 1.54) is 25.1 Å². The van der Waals surface area contributed by atoms with Crippen LogP contribution in [0.15, 0.2) is 39.6 Å². The van der Waals surface area contributed by atoms with Gasteiger partial charge in [-0.1, -0.05) is 12.1 Å². The third kappa shape index (κ3) is 3.46. The average Bonchev–Trinajstić information content (AvgIpc) is 3.33. The monoisotopic (exact) mass is 387 g/mol. The highest BCUT2D eigenvalue weighted by atomic mass is 19.1. The van der Waals surface area contributed by atoms with Gasteiger partial charge in [0.05, 0.1) is 6.04 Å². The van der Waals surface area contributed by atoms with Gasteiger partial charge in [0.2, 0.25) is 11.8 Å². The standard InChI is InChI=1S/C20H22FN3O4/c1-12(25)24-10-14-9-23(19(27)6-5-16-8-18(26)22-28-16)11-17(14)20(24)13-3-2-4-15(21)7-13/h2-4,7-8,14,17,20H,5-6,9-11H2,1H3,(H,22,26)/t14-,17-,20+/m1/s1. The van der Waals surface area contributed by atoms with Gasteiger partial charge in [-0.05, 0) is 17.7 Å². The first-order chi connectivity index (χ1) is 13.4. The number of rotatable bonds is 4. The number of amides is 2. The summed E-state index contributed by atoms with van der Waals surface area (Å²) in [6.45, 7) is 3.21. The first-order valence-electron chi connectivity index (χ1n) is 9.40. The molecule has 7 nitrogen and oxygen atoms in total. The molecule has 1 N–H and O–H groups in total. The average molecular weight is 387 g/mol. The summed E-state index contributed by atoms with van der Waals surface area (Å²) in [6.07, 6.45) is 0.609. The van der Waals surface area contributed by atoms with Crippen LogP contribution in [0.1, 0.15) is 30.7 Å². The van der Waals surface area contributed by atoms with E-state index in [4.69, 9.17) is 4.52 Å². The van der Waals surface area contributed by atoms with Crippen LogP contribution in [0.5, 0.6) is 0 Å². The zero-order valence-corrected chi connectivity index (χ0v) is 15.6. The molecule has 0 unspecified atom stereocenters. The molecule has 0 radical (unpaired) electrons. The van der Waals surface area contributed by atoms with E-state index in [-0.39, 0.29) is 47.5 Å². The second-order valence-corrected chi connectivity index (χ2v) is 7.57. The predicted octanol–water partition coefficient (Wildman–Crippen LogP) is 1.72. The van der Waals surface area contributed by atoms with Crippen molar-refractivity contribution >= 4 is 11.8 Å². The van der Waals surface area contributed by atoms with Gasteiger partial charge in [-0.3, -0.25) is 14.4 Å². The molecule has 148 valence electrons. The van der Waals surface area contributed by atoms with Crippen LogP contribution in [-0.2, 0) is 16.0 Å². The van der Waals surface area contributed by atoms with Gasteiger partial charge >= 0.3 is 0 Å². The van der Waals surface area contributed by atoms with Crippen molar-refractivity contribution in [2.45, 2.75) is 25.8 Å². The molecule has 2 fully saturated rings. The Balaban J connectivity index is 1.47. The minimum absolute atomic E-state index is 0.00869. The lowest BCUT2D eigenvalue weighted by Crippen LogP contribution is -2.36. The number of carbonyl (C=O) groups is 2. The van der Waals surface area contributed by atoms with Crippen molar-refractivity contribution in [1.82, 2.24) is 15.0 Å². The highest BCUT2D eigenvalue weighted by molar-refractivity contribution is 5.77. The Kier molecular flexibility index (Phi) is 4.78. The molecular formula is C20H22FN3O4. The summed E-state index contributed by atoms with van der Waals surface area (Å²) < 4.78 is 18.7. The second kappa shape index (κ2) is 7.26. The lowest BCUT2D eigenvalue weighted by molar-refractivity contribution is -0.131. The Morgan fingerprint density at radius 2 is 2.07 bits per heavy atom. The van der Waals surface area contributed by atoms with E-state index < -0.39 is 0 Å². The number of H-pyrrole nitrogens is 1. The Morgan fingerprint density at radius 3 is 2.75 bits per heavy atom. The maximum atomic E-state index is 13.8. The summed E-state index contributed by atoms with van der Waals surface area (Å²) >= 11 is 0. The summed E-state index contributed by atoms with van der Waals surface area (Å²) in [5.74, 6) is 0.335. The number of aryl methyl sites for hydroxylation is 1. The minimum atomic E-state index is -0.330. The molecule has 1 aromatic carbocycles. The fraction of sp³-hybridized carbons (Fsp3) is 0.450. The van der Waals surface area contributed by atoms with E-state index >= 15 is 0 Å². The number of hydrogen-bond acceptors (Lipinski definition) is 4. The lowest BCUT2D eigenvalue weighted by atomic mass is 9.89. The number of likely N-dealkylation sites (tertiary alicyclic amines) is 2. The van der Waals surface area contributed by atoms with Gasteiger partial charge in [0.1, 0.15) is 11.6 Å². The van der Waals surface area contributed by atoms with Gasteiger partial charge in [0.25, 0.3) is 5.56 Å². The van der Waals surface area contributed by atoms with Crippen molar-refractivity contribution in [1.29, 1.82) is 0 Å². The number of nitrogens with zero attached hydrogens (tertiary/aromatic N) is 2.